The molecule has 0 spiro atoms. The van der Waals surface area contributed by atoms with E-state index in [0.717, 1.165) is 16.9 Å². The minimum absolute atomic E-state index is 0.0993. The summed E-state index contributed by atoms with van der Waals surface area (Å²) in [5.74, 6) is 0.721. The number of hydrogen-bond acceptors (Lipinski definition) is 3. The molecule has 106 valence electrons. The highest BCUT2D eigenvalue weighted by atomic mass is 16.5. The van der Waals surface area contributed by atoms with E-state index in [9.17, 15) is 9.90 Å². The summed E-state index contributed by atoms with van der Waals surface area (Å²) in [6.45, 7) is 6.51. The van der Waals surface area contributed by atoms with Gasteiger partial charge in [-0.05, 0) is 37.5 Å². The maximum Gasteiger partial charge on any atom is 0.223 e. The highest BCUT2D eigenvalue weighted by Gasteiger charge is 2.06. The zero-order valence-corrected chi connectivity index (χ0v) is 11.9. The lowest BCUT2D eigenvalue weighted by Crippen LogP contribution is -2.32. The lowest BCUT2D eigenvalue weighted by atomic mass is 10.1. The van der Waals surface area contributed by atoms with E-state index in [1.54, 1.807) is 0 Å². The zero-order valence-electron chi connectivity index (χ0n) is 11.9. The third-order valence-corrected chi connectivity index (χ3v) is 2.94. The molecule has 0 heterocycles. The standard InChI is InChI=1S/C15H23NO3/c1-4-13(17)10-16-15(18)7-8-19-14-9-11(2)5-6-12(14)3/h5-6,9,13,17H,4,7-8,10H2,1-3H3,(H,16,18). The number of carbonyl (C=O) groups excluding carboxylic acids is 1. The van der Waals surface area contributed by atoms with Crippen LogP contribution in [-0.4, -0.2) is 30.3 Å². The summed E-state index contributed by atoms with van der Waals surface area (Å²) in [5.41, 5.74) is 2.20. The summed E-state index contributed by atoms with van der Waals surface area (Å²) in [5, 5.41) is 12.0. The van der Waals surface area contributed by atoms with Gasteiger partial charge in [0, 0.05) is 6.54 Å². The molecule has 0 radical (unpaired) electrons. The molecule has 1 aromatic rings. The molecule has 0 fully saturated rings. The van der Waals surface area contributed by atoms with Crippen molar-refractivity contribution >= 4 is 5.91 Å². The average Bonchev–Trinajstić information content (AvgIpc) is 2.40. The smallest absolute Gasteiger partial charge is 0.223 e. The second-order valence-electron chi connectivity index (χ2n) is 4.73. The molecule has 4 nitrogen and oxygen atoms in total. The second-order valence-corrected chi connectivity index (χ2v) is 4.73. The number of benzene rings is 1. The van der Waals surface area contributed by atoms with Crippen molar-refractivity contribution in [2.45, 2.75) is 39.7 Å². The maximum atomic E-state index is 11.5. The van der Waals surface area contributed by atoms with Crippen LogP contribution < -0.4 is 10.1 Å². The Morgan fingerprint density at radius 3 is 2.84 bits per heavy atom. The number of aryl methyl sites for hydroxylation is 2. The highest BCUT2D eigenvalue weighted by Crippen LogP contribution is 2.19. The first-order chi connectivity index (χ1) is 9.02. The Balaban J connectivity index is 2.30. The minimum Gasteiger partial charge on any atom is -0.493 e. The van der Waals surface area contributed by atoms with Crippen LogP contribution in [0.1, 0.15) is 30.9 Å². The molecule has 1 atom stereocenters. The number of nitrogens with one attached hydrogen (secondary N) is 1. The van der Waals surface area contributed by atoms with Gasteiger partial charge in [0.25, 0.3) is 0 Å². The third kappa shape index (κ3) is 5.75. The van der Waals surface area contributed by atoms with E-state index in [0.29, 0.717) is 26.0 Å². The summed E-state index contributed by atoms with van der Waals surface area (Å²) >= 11 is 0. The number of aliphatic hydroxyl groups is 1. The van der Waals surface area contributed by atoms with Crippen molar-refractivity contribution in [2.24, 2.45) is 0 Å². The van der Waals surface area contributed by atoms with Crippen LogP contribution in [0.25, 0.3) is 0 Å². The molecule has 1 rings (SSSR count). The first-order valence-electron chi connectivity index (χ1n) is 6.67. The normalized spacial score (nSPS) is 12.0. The summed E-state index contributed by atoms with van der Waals surface area (Å²) in [6, 6.07) is 6.00. The molecule has 0 aromatic heterocycles. The first kappa shape index (κ1) is 15.5. The number of ether oxygens (including phenoxy) is 1. The number of rotatable bonds is 7. The molecule has 0 saturated carbocycles. The fourth-order valence-corrected chi connectivity index (χ4v) is 1.58. The lowest BCUT2D eigenvalue weighted by molar-refractivity contribution is -0.122. The lowest BCUT2D eigenvalue weighted by Gasteiger charge is -2.11. The van der Waals surface area contributed by atoms with E-state index < -0.39 is 6.10 Å². The molecule has 1 unspecified atom stereocenters. The monoisotopic (exact) mass is 265 g/mol. The van der Waals surface area contributed by atoms with E-state index in [1.165, 1.54) is 0 Å². The van der Waals surface area contributed by atoms with Gasteiger partial charge in [0.2, 0.25) is 5.91 Å². The number of hydrogen-bond donors (Lipinski definition) is 2. The van der Waals surface area contributed by atoms with Crippen LogP contribution in [0.4, 0.5) is 0 Å². The molecule has 0 saturated heterocycles. The SMILES string of the molecule is CCC(O)CNC(=O)CCOc1cc(C)ccc1C. The summed E-state index contributed by atoms with van der Waals surface area (Å²) in [7, 11) is 0. The third-order valence-electron chi connectivity index (χ3n) is 2.94. The minimum atomic E-state index is -0.469. The van der Waals surface area contributed by atoms with Gasteiger partial charge in [-0.25, -0.2) is 0 Å². The number of aliphatic hydroxyl groups excluding tert-OH is 1. The quantitative estimate of drug-likeness (QED) is 0.792. The van der Waals surface area contributed by atoms with Gasteiger partial charge in [-0.2, -0.15) is 0 Å². The molecule has 4 heteroatoms. The Kier molecular flexibility index (Phi) is 6.36. The highest BCUT2D eigenvalue weighted by molar-refractivity contribution is 5.76. The molecule has 0 bridgehead atoms. The Bertz CT molecular complexity index is 418. The van der Waals surface area contributed by atoms with Gasteiger partial charge in [0.1, 0.15) is 5.75 Å². The Morgan fingerprint density at radius 2 is 2.16 bits per heavy atom. The maximum absolute atomic E-state index is 11.5. The van der Waals surface area contributed by atoms with E-state index in [1.807, 2.05) is 39.0 Å². The van der Waals surface area contributed by atoms with Crippen molar-refractivity contribution in [1.29, 1.82) is 0 Å². The number of carbonyl (C=O) groups is 1. The second kappa shape index (κ2) is 7.79. The van der Waals surface area contributed by atoms with E-state index in [4.69, 9.17) is 4.74 Å². The van der Waals surface area contributed by atoms with Gasteiger partial charge in [-0.3, -0.25) is 4.79 Å². The van der Waals surface area contributed by atoms with Crippen LogP contribution in [-0.2, 0) is 4.79 Å². The van der Waals surface area contributed by atoms with E-state index in [2.05, 4.69) is 5.32 Å². The van der Waals surface area contributed by atoms with Crippen molar-refractivity contribution < 1.29 is 14.6 Å². The van der Waals surface area contributed by atoms with Crippen molar-refractivity contribution in [3.8, 4) is 5.75 Å². The molecular formula is C15H23NO3. The molecule has 1 aromatic carbocycles. The average molecular weight is 265 g/mol. The molecule has 19 heavy (non-hydrogen) atoms. The molecule has 1 amide bonds. The van der Waals surface area contributed by atoms with Crippen molar-refractivity contribution in [3.05, 3.63) is 29.3 Å². The van der Waals surface area contributed by atoms with Gasteiger partial charge >= 0.3 is 0 Å². The molecule has 0 aliphatic rings. The van der Waals surface area contributed by atoms with Crippen LogP contribution in [0.5, 0.6) is 5.75 Å². The summed E-state index contributed by atoms with van der Waals surface area (Å²) in [4.78, 5) is 11.5. The largest absolute Gasteiger partial charge is 0.493 e. The van der Waals surface area contributed by atoms with Gasteiger partial charge in [-0.15, -0.1) is 0 Å². The van der Waals surface area contributed by atoms with Crippen molar-refractivity contribution in [1.82, 2.24) is 5.32 Å². The fourth-order valence-electron chi connectivity index (χ4n) is 1.58. The van der Waals surface area contributed by atoms with Crippen molar-refractivity contribution in [2.75, 3.05) is 13.2 Å². The Hall–Kier alpha value is -1.55. The molecule has 0 aliphatic carbocycles. The van der Waals surface area contributed by atoms with Gasteiger partial charge in [0.15, 0.2) is 0 Å². The predicted molar refractivity (Wildman–Crippen MR) is 75.3 cm³/mol. The van der Waals surface area contributed by atoms with Crippen LogP contribution in [0.3, 0.4) is 0 Å². The summed E-state index contributed by atoms with van der Waals surface area (Å²) < 4.78 is 5.60. The molecular weight excluding hydrogens is 242 g/mol. The van der Waals surface area contributed by atoms with Crippen LogP contribution in [0.2, 0.25) is 0 Å². The Morgan fingerprint density at radius 1 is 1.42 bits per heavy atom. The van der Waals surface area contributed by atoms with Gasteiger partial charge in [-0.1, -0.05) is 19.1 Å². The fraction of sp³-hybridized carbons (Fsp3) is 0.533. The van der Waals surface area contributed by atoms with Crippen LogP contribution >= 0.6 is 0 Å². The Labute approximate surface area is 114 Å². The van der Waals surface area contributed by atoms with Crippen molar-refractivity contribution in [3.63, 3.8) is 0 Å². The predicted octanol–water partition coefficient (Wildman–Crippen LogP) is 1.96. The van der Waals surface area contributed by atoms with Gasteiger partial charge < -0.3 is 15.2 Å². The van der Waals surface area contributed by atoms with E-state index in [-0.39, 0.29) is 5.91 Å². The molecule has 0 aliphatic heterocycles. The zero-order chi connectivity index (χ0) is 14.3. The van der Waals surface area contributed by atoms with Gasteiger partial charge in [0.05, 0.1) is 19.1 Å². The van der Waals surface area contributed by atoms with E-state index >= 15 is 0 Å². The topological polar surface area (TPSA) is 58.6 Å². The first-order valence-corrected chi connectivity index (χ1v) is 6.67. The number of amides is 1. The van der Waals surface area contributed by atoms with Crippen LogP contribution in [0.15, 0.2) is 18.2 Å². The van der Waals surface area contributed by atoms with Crippen LogP contribution in [0, 0.1) is 13.8 Å². The molecule has 2 N–H and O–H groups in total. The summed E-state index contributed by atoms with van der Waals surface area (Å²) in [6.07, 6.45) is 0.465.